The van der Waals surface area contributed by atoms with Crippen LogP contribution < -0.4 is 5.32 Å². The number of ketones is 1. The Morgan fingerprint density at radius 2 is 1.80 bits per heavy atom. The van der Waals surface area contributed by atoms with Gasteiger partial charge in [-0.15, -0.1) is 0 Å². The summed E-state index contributed by atoms with van der Waals surface area (Å²) in [7, 11) is 0. The molecule has 0 aliphatic rings. The van der Waals surface area contributed by atoms with Crippen LogP contribution in [0.5, 0.6) is 0 Å². The number of carbonyl (C=O) groups is 2. The predicted octanol–water partition coefficient (Wildman–Crippen LogP) is 3.59. The number of nitrogens with one attached hydrogen (secondary N) is 1. The van der Waals surface area contributed by atoms with E-state index in [0.29, 0.717) is 5.56 Å². The van der Waals surface area contributed by atoms with Gasteiger partial charge in [-0.25, -0.2) is 0 Å². The van der Waals surface area contributed by atoms with Gasteiger partial charge in [0.2, 0.25) is 0 Å². The van der Waals surface area contributed by atoms with Crippen molar-refractivity contribution < 1.29 is 9.59 Å². The fourth-order valence-electron chi connectivity index (χ4n) is 2.07. The molecule has 1 aromatic carbocycles. The smallest absolute Gasteiger partial charge is 0.251 e. The molecule has 0 saturated heterocycles. The molecule has 0 bridgehead atoms. The van der Waals surface area contributed by atoms with Crippen molar-refractivity contribution in [3.05, 3.63) is 35.9 Å². The molecular weight excluding hydrogens is 250 g/mol. The van der Waals surface area contributed by atoms with E-state index in [-0.39, 0.29) is 24.2 Å². The zero-order chi connectivity index (χ0) is 14.8. The van der Waals surface area contributed by atoms with Gasteiger partial charge in [0.05, 0.1) is 6.54 Å². The van der Waals surface area contributed by atoms with Gasteiger partial charge < -0.3 is 5.32 Å². The highest BCUT2D eigenvalue weighted by atomic mass is 16.2. The van der Waals surface area contributed by atoms with Gasteiger partial charge in [-0.2, -0.15) is 0 Å². The first-order valence-corrected chi connectivity index (χ1v) is 7.51. The fourth-order valence-corrected chi connectivity index (χ4v) is 2.07. The summed E-state index contributed by atoms with van der Waals surface area (Å²) in [5, 5.41) is 2.69. The molecule has 0 heterocycles. The largest absolute Gasteiger partial charge is 0.345 e. The van der Waals surface area contributed by atoms with E-state index in [1.807, 2.05) is 25.1 Å². The van der Waals surface area contributed by atoms with E-state index in [9.17, 15) is 9.59 Å². The number of hydrogen-bond acceptors (Lipinski definition) is 2. The van der Waals surface area contributed by atoms with Gasteiger partial charge in [-0.1, -0.05) is 57.7 Å². The summed E-state index contributed by atoms with van der Waals surface area (Å²) in [4.78, 5) is 23.7. The van der Waals surface area contributed by atoms with Gasteiger partial charge in [-0.05, 0) is 18.6 Å². The van der Waals surface area contributed by atoms with E-state index < -0.39 is 0 Å². The topological polar surface area (TPSA) is 46.2 Å². The molecule has 1 amide bonds. The third kappa shape index (κ3) is 6.00. The third-order valence-electron chi connectivity index (χ3n) is 3.50. The van der Waals surface area contributed by atoms with E-state index in [1.165, 1.54) is 19.3 Å². The zero-order valence-electron chi connectivity index (χ0n) is 12.5. The highest BCUT2D eigenvalue weighted by Gasteiger charge is 2.14. The van der Waals surface area contributed by atoms with Crippen molar-refractivity contribution in [1.29, 1.82) is 0 Å². The Bertz CT molecular complexity index is 414. The molecule has 0 aliphatic heterocycles. The Labute approximate surface area is 121 Å². The normalized spacial score (nSPS) is 11.9. The Morgan fingerprint density at radius 1 is 1.10 bits per heavy atom. The number of Topliss-reactive ketones (excluding diaryl/α,β-unsaturated/α-hetero) is 1. The first kappa shape index (κ1) is 16.4. The maximum atomic E-state index is 11.9. The molecule has 20 heavy (non-hydrogen) atoms. The Balaban J connectivity index is 2.27. The summed E-state index contributed by atoms with van der Waals surface area (Å²) in [6.45, 7) is 4.25. The lowest BCUT2D eigenvalue weighted by Gasteiger charge is -2.11. The van der Waals surface area contributed by atoms with Crippen LogP contribution in [-0.2, 0) is 4.79 Å². The molecule has 0 fully saturated rings. The minimum atomic E-state index is -0.183. The van der Waals surface area contributed by atoms with Crippen molar-refractivity contribution in [2.24, 2.45) is 5.92 Å². The summed E-state index contributed by atoms with van der Waals surface area (Å²) in [6.07, 6.45) is 5.62. The monoisotopic (exact) mass is 275 g/mol. The van der Waals surface area contributed by atoms with Crippen molar-refractivity contribution in [2.45, 2.75) is 46.0 Å². The first-order valence-electron chi connectivity index (χ1n) is 7.51. The lowest BCUT2D eigenvalue weighted by atomic mass is 9.98. The Morgan fingerprint density at radius 3 is 2.45 bits per heavy atom. The molecule has 110 valence electrons. The first-order chi connectivity index (χ1) is 9.65. The maximum absolute atomic E-state index is 11.9. The molecule has 0 radical (unpaired) electrons. The second kappa shape index (κ2) is 9.29. The van der Waals surface area contributed by atoms with Gasteiger partial charge >= 0.3 is 0 Å². The molecule has 0 aliphatic carbocycles. The van der Waals surface area contributed by atoms with Crippen molar-refractivity contribution in [1.82, 2.24) is 5.32 Å². The summed E-state index contributed by atoms with van der Waals surface area (Å²) < 4.78 is 0. The van der Waals surface area contributed by atoms with Crippen molar-refractivity contribution in [2.75, 3.05) is 6.54 Å². The van der Waals surface area contributed by atoms with Gasteiger partial charge in [0.15, 0.2) is 5.78 Å². The lowest BCUT2D eigenvalue weighted by molar-refractivity contribution is -0.121. The third-order valence-corrected chi connectivity index (χ3v) is 3.50. The number of unbranched alkanes of at least 4 members (excludes halogenated alkanes) is 3. The van der Waals surface area contributed by atoms with Gasteiger partial charge in [0.1, 0.15) is 0 Å². The second-order valence-electron chi connectivity index (χ2n) is 5.27. The molecule has 1 rings (SSSR count). The standard InChI is InChI=1S/C17H25NO2/c1-3-4-5-7-10-14(2)16(19)13-18-17(20)15-11-8-6-9-12-15/h6,8-9,11-12,14H,3-5,7,10,13H2,1-2H3,(H,18,20). The quantitative estimate of drug-likeness (QED) is 0.700. The molecule has 0 saturated carbocycles. The SMILES string of the molecule is CCCCCCC(C)C(=O)CNC(=O)c1ccccc1. The van der Waals surface area contributed by atoms with Gasteiger partial charge in [0, 0.05) is 11.5 Å². The summed E-state index contributed by atoms with van der Waals surface area (Å²) in [5.74, 6) is -0.0363. The van der Waals surface area contributed by atoms with Crippen LogP contribution >= 0.6 is 0 Å². The second-order valence-corrected chi connectivity index (χ2v) is 5.27. The van der Waals surface area contributed by atoms with E-state index >= 15 is 0 Å². The minimum Gasteiger partial charge on any atom is -0.345 e. The Kier molecular flexibility index (Phi) is 7.63. The molecule has 3 heteroatoms. The fraction of sp³-hybridized carbons (Fsp3) is 0.529. The Hall–Kier alpha value is -1.64. The van der Waals surface area contributed by atoms with E-state index in [0.717, 1.165) is 12.8 Å². The summed E-state index contributed by atoms with van der Waals surface area (Å²) >= 11 is 0. The van der Waals surface area contributed by atoms with Crippen molar-refractivity contribution in [3.8, 4) is 0 Å². The van der Waals surface area contributed by atoms with Gasteiger partial charge in [-0.3, -0.25) is 9.59 Å². The van der Waals surface area contributed by atoms with Crippen LogP contribution in [0.2, 0.25) is 0 Å². The van der Waals surface area contributed by atoms with Crippen LogP contribution in [0.25, 0.3) is 0 Å². The van der Waals surface area contributed by atoms with Gasteiger partial charge in [0.25, 0.3) is 5.91 Å². The maximum Gasteiger partial charge on any atom is 0.251 e. The number of benzene rings is 1. The van der Waals surface area contributed by atoms with Crippen LogP contribution in [0.1, 0.15) is 56.3 Å². The number of hydrogen-bond donors (Lipinski definition) is 1. The number of amides is 1. The van der Waals surface area contributed by atoms with Crippen molar-refractivity contribution >= 4 is 11.7 Å². The molecule has 1 atom stereocenters. The molecule has 1 aromatic rings. The average Bonchev–Trinajstić information content (AvgIpc) is 2.49. The van der Waals surface area contributed by atoms with Crippen LogP contribution in [0.15, 0.2) is 30.3 Å². The molecule has 1 unspecified atom stereocenters. The van der Waals surface area contributed by atoms with Crippen LogP contribution in [0, 0.1) is 5.92 Å². The highest BCUT2D eigenvalue weighted by Crippen LogP contribution is 2.11. The van der Waals surface area contributed by atoms with Crippen LogP contribution in [0.3, 0.4) is 0 Å². The van der Waals surface area contributed by atoms with Crippen LogP contribution in [-0.4, -0.2) is 18.2 Å². The van der Waals surface area contributed by atoms with E-state index in [4.69, 9.17) is 0 Å². The molecule has 0 spiro atoms. The molecular formula is C17H25NO2. The summed E-state index contributed by atoms with van der Waals surface area (Å²) in [6, 6.07) is 8.97. The minimum absolute atomic E-state index is 0.0305. The molecule has 1 N–H and O–H groups in total. The lowest BCUT2D eigenvalue weighted by Crippen LogP contribution is -2.32. The average molecular weight is 275 g/mol. The predicted molar refractivity (Wildman–Crippen MR) is 81.7 cm³/mol. The molecule has 0 aromatic heterocycles. The number of carbonyl (C=O) groups excluding carboxylic acids is 2. The molecule has 3 nitrogen and oxygen atoms in total. The number of rotatable bonds is 9. The zero-order valence-corrected chi connectivity index (χ0v) is 12.5. The van der Waals surface area contributed by atoms with E-state index in [1.54, 1.807) is 12.1 Å². The van der Waals surface area contributed by atoms with E-state index in [2.05, 4.69) is 12.2 Å². The van der Waals surface area contributed by atoms with Crippen molar-refractivity contribution in [3.63, 3.8) is 0 Å². The van der Waals surface area contributed by atoms with Crippen LogP contribution in [0.4, 0.5) is 0 Å². The summed E-state index contributed by atoms with van der Waals surface area (Å²) in [5.41, 5.74) is 0.593. The highest BCUT2D eigenvalue weighted by molar-refractivity contribution is 5.96.